The number of phosphoric acid groups is 1. The zero-order chi connectivity index (χ0) is 14.7. The summed E-state index contributed by atoms with van der Waals surface area (Å²) in [4.78, 5) is 9.37. The van der Waals surface area contributed by atoms with Gasteiger partial charge in [-0.3, -0.25) is 9.05 Å². The third-order valence-corrected chi connectivity index (χ3v) is 3.90. The van der Waals surface area contributed by atoms with Crippen LogP contribution in [0, 0.1) is 0 Å². The van der Waals surface area contributed by atoms with E-state index in [1.54, 1.807) is 6.92 Å². The fourth-order valence-electron chi connectivity index (χ4n) is 1.71. The van der Waals surface area contributed by atoms with Gasteiger partial charge in [-0.25, -0.2) is 4.57 Å². The van der Waals surface area contributed by atoms with Crippen LogP contribution >= 0.6 is 7.82 Å². The minimum atomic E-state index is -4.03. The molecule has 1 heterocycles. The minimum absolute atomic E-state index is 0.301. The van der Waals surface area contributed by atoms with Gasteiger partial charge in [0.05, 0.1) is 40.5 Å². The summed E-state index contributed by atoms with van der Waals surface area (Å²) in [5.74, 6) is 0. The van der Waals surface area contributed by atoms with Crippen molar-refractivity contribution in [1.29, 1.82) is 0 Å². The number of hydrogen-bond donors (Lipinski definition) is 1. The van der Waals surface area contributed by atoms with Gasteiger partial charge in [0.2, 0.25) is 0 Å². The molecule has 0 amide bonds. The molecule has 2 unspecified atom stereocenters. The van der Waals surface area contributed by atoms with Crippen molar-refractivity contribution in [1.82, 2.24) is 0 Å². The Hall–Kier alpha value is -0.0100. The Morgan fingerprint density at radius 2 is 2.05 bits per heavy atom. The Morgan fingerprint density at radius 3 is 2.58 bits per heavy atom. The molecule has 1 aliphatic heterocycles. The third kappa shape index (κ3) is 5.87. The standard InChI is InChI=1S/C11H24NO6P/c1-9-11(18-19(13,14)15-5)10(8-17-9)16-7-6-12(2,3)4/h9-11H,6-8H2,1-5H3/p+1/t9-,10-,11?/m1/s1. The summed E-state index contributed by atoms with van der Waals surface area (Å²) >= 11 is 0. The van der Waals surface area contributed by atoms with Crippen LogP contribution in [0.2, 0.25) is 0 Å². The Bertz CT molecular complexity index is 332. The molecule has 1 saturated heterocycles. The molecular formula is C11H25NO6P+. The van der Waals surface area contributed by atoms with Gasteiger partial charge in [-0.05, 0) is 6.92 Å². The number of likely N-dealkylation sites (N-methyl/N-ethyl adjacent to an activating group) is 1. The van der Waals surface area contributed by atoms with Crippen LogP contribution in [-0.2, 0) is 23.1 Å². The first kappa shape index (κ1) is 17.0. The molecule has 0 spiro atoms. The first-order chi connectivity index (χ1) is 8.64. The summed E-state index contributed by atoms with van der Waals surface area (Å²) in [6.07, 6.45) is -1.25. The van der Waals surface area contributed by atoms with E-state index in [-0.39, 0.29) is 12.2 Å². The van der Waals surface area contributed by atoms with Crippen LogP contribution in [0.4, 0.5) is 0 Å². The lowest BCUT2D eigenvalue weighted by Gasteiger charge is -2.26. The Morgan fingerprint density at radius 1 is 1.42 bits per heavy atom. The van der Waals surface area contributed by atoms with Crippen LogP contribution in [0.25, 0.3) is 0 Å². The summed E-state index contributed by atoms with van der Waals surface area (Å²) in [7, 11) is 3.31. The average Bonchev–Trinajstić information content (AvgIpc) is 2.59. The molecule has 1 N–H and O–H groups in total. The number of quaternary nitrogens is 1. The quantitative estimate of drug-likeness (QED) is 0.549. The Kier molecular flexibility index (Phi) is 5.95. The zero-order valence-electron chi connectivity index (χ0n) is 12.2. The van der Waals surface area contributed by atoms with E-state index in [4.69, 9.17) is 14.0 Å². The van der Waals surface area contributed by atoms with Crippen LogP contribution in [0.5, 0.6) is 0 Å². The number of ether oxygens (including phenoxy) is 2. The van der Waals surface area contributed by atoms with Gasteiger partial charge in [-0.1, -0.05) is 0 Å². The molecule has 0 aromatic rings. The van der Waals surface area contributed by atoms with Crippen molar-refractivity contribution in [2.24, 2.45) is 0 Å². The molecule has 114 valence electrons. The zero-order valence-corrected chi connectivity index (χ0v) is 13.1. The van der Waals surface area contributed by atoms with Crippen LogP contribution in [0.1, 0.15) is 6.92 Å². The summed E-state index contributed by atoms with van der Waals surface area (Å²) in [5, 5.41) is 0. The van der Waals surface area contributed by atoms with Gasteiger partial charge in [-0.2, -0.15) is 0 Å². The van der Waals surface area contributed by atoms with Crippen molar-refractivity contribution in [3.05, 3.63) is 0 Å². The second-order valence-corrected chi connectivity index (χ2v) is 7.20. The molecule has 1 rings (SSSR count). The lowest BCUT2D eigenvalue weighted by atomic mass is 10.2. The fraction of sp³-hybridized carbons (Fsp3) is 1.00. The van der Waals surface area contributed by atoms with E-state index >= 15 is 0 Å². The highest BCUT2D eigenvalue weighted by Crippen LogP contribution is 2.45. The predicted octanol–water partition coefficient (Wildman–Crippen LogP) is 0.628. The van der Waals surface area contributed by atoms with Crippen molar-refractivity contribution in [3.8, 4) is 0 Å². The number of rotatable bonds is 7. The number of nitrogens with zero attached hydrogens (tertiary/aromatic N) is 1. The van der Waals surface area contributed by atoms with Gasteiger partial charge >= 0.3 is 7.82 Å². The molecular weight excluding hydrogens is 273 g/mol. The normalized spacial score (nSPS) is 31.4. The van der Waals surface area contributed by atoms with E-state index in [0.717, 1.165) is 18.1 Å². The predicted molar refractivity (Wildman–Crippen MR) is 69.8 cm³/mol. The largest absolute Gasteiger partial charge is 0.472 e. The monoisotopic (exact) mass is 298 g/mol. The van der Waals surface area contributed by atoms with Crippen molar-refractivity contribution < 1.29 is 32.5 Å². The molecule has 0 aromatic heterocycles. The number of hydrogen-bond acceptors (Lipinski definition) is 5. The lowest BCUT2D eigenvalue weighted by Crippen LogP contribution is -2.40. The summed E-state index contributed by atoms with van der Waals surface area (Å²) < 4.78 is 32.9. The van der Waals surface area contributed by atoms with E-state index in [2.05, 4.69) is 25.7 Å². The molecule has 0 aliphatic carbocycles. The fourth-order valence-corrected chi connectivity index (χ4v) is 2.41. The van der Waals surface area contributed by atoms with Crippen LogP contribution < -0.4 is 0 Å². The molecule has 19 heavy (non-hydrogen) atoms. The van der Waals surface area contributed by atoms with Crippen LogP contribution in [0.3, 0.4) is 0 Å². The summed E-state index contributed by atoms with van der Waals surface area (Å²) in [5.41, 5.74) is 0. The maximum atomic E-state index is 11.5. The Labute approximate surface area is 114 Å². The first-order valence-corrected chi connectivity index (χ1v) is 7.75. The summed E-state index contributed by atoms with van der Waals surface area (Å²) in [6, 6.07) is 0. The highest BCUT2D eigenvalue weighted by Gasteiger charge is 2.41. The van der Waals surface area contributed by atoms with Crippen LogP contribution in [-0.4, -0.2) is 75.7 Å². The van der Waals surface area contributed by atoms with Gasteiger partial charge in [-0.15, -0.1) is 0 Å². The molecule has 8 heteroatoms. The minimum Gasteiger partial charge on any atom is -0.373 e. The van der Waals surface area contributed by atoms with Gasteiger partial charge < -0.3 is 18.9 Å². The van der Waals surface area contributed by atoms with Gasteiger partial charge in [0.1, 0.15) is 18.8 Å². The topological polar surface area (TPSA) is 74.2 Å². The molecule has 0 bridgehead atoms. The van der Waals surface area contributed by atoms with Gasteiger partial charge in [0.25, 0.3) is 0 Å². The summed E-state index contributed by atoms with van der Waals surface area (Å²) in [6.45, 7) is 3.50. The van der Waals surface area contributed by atoms with Crippen molar-refractivity contribution in [2.45, 2.75) is 25.2 Å². The van der Waals surface area contributed by atoms with E-state index < -0.39 is 13.9 Å². The van der Waals surface area contributed by atoms with E-state index in [0.29, 0.717) is 13.2 Å². The van der Waals surface area contributed by atoms with Crippen molar-refractivity contribution in [2.75, 3.05) is 48.0 Å². The van der Waals surface area contributed by atoms with Crippen molar-refractivity contribution >= 4 is 7.82 Å². The maximum Gasteiger partial charge on any atom is 0.472 e. The molecule has 0 saturated carbocycles. The van der Waals surface area contributed by atoms with Gasteiger partial charge in [0, 0.05) is 7.11 Å². The third-order valence-electron chi connectivity index (χ3n) is 2.93. The molecule has 0 radical (unpaired) electrons. The lowest BCUT2D eigenvalue weighted by molar-refractivity contribution is -0.870. The molecule has 0 aromatic carbocycles. The first-order valence-electron chi connectivity index (χ1n) is 6.25. The highest BCUT2D eigenvalue weighted by atomic mass is 31.2. The highest BCUT2D eigenvalue weighted by molar-refractivity contribution is 7.47. The second kappa shape index (κ2) is 6.63. The maximum absolute atomic E-state index is 11.5. The number of phosphoric ester groups is 1. The molecule has 4 atom stereocenters. The van der Waals surface area contributed by atoms with E-state index in [9.17, 15) is 9.46 Å². The average molecular weight is 298 g/mol. The smallest absolute Gasteiger partial charge is 0.373 e. The van der Waals surface area contributed by atoms with Gasteiger partial charge in [0.15, 0.2) is 0 Å². The molecule has 1 fully saturated rings. The van der Waals surface area contributed by atoms with Crippen molar-refractivity contribution in [3.63, 3.8) is 0 Å². The van der Waals surface area contributed by atoms with Crippen LogP contribution in [0.15, 0.2) is 0 Å². The SMILES string of the molecule is COP(=O)(O)OC1[C@@H](C)OC[C@H]1OCC[N+](C)(C)C. The Balaban J connectivity index is 2.50. The van der Waals surface area contributed by atoms with E-state index in [1.807, 2.05) is 0 Å². The molecule has 1 aliphatic rings. The molecule has 7 nitrogen and oxygen atoms in total. The second-order valence-electron chi connectivity index (χ2n) is 5.68. The van der Waals surface area contributed by atoms with E-state index in [1.165, 1.54) is 0 Å².